The van der Waals surface area contributed by atoms with Gasteiger partial charge in [-0.15, -0.1) is 0 Å². The van der Waals surface area contributed by atoms with Crippen LogP contribution in [0.1, 0.15) is 17.2 Å². The molecule has 2 N–H and O–H groups in total. The van der Waals surface area contributed by atoms with Gasteiger partial charge in [-0.3, -0.25) is 0 Å². The van der Waals surface area contributed by atoms with Gasteiger partial charge in [0, 0.05) is 9.61 Å². The zero-order chi connectivity index (χ0) is 11.5. The monoisotopic (exact) mass is 363 g/mol. The molecule has 1 aromatic heterocycles. The van der Waals surface area contributed by atoms with Crippen molar-refractivity contribution in [1.29, 1.82) is 0 Å². The Morgan fingerprint density at radius 2 is 2.19 bits per heavy atom. The molecule has 2 aromatic rings. The first-order valence-electron chi connectivity index (χ1n) is 4.88. The van der Waals surface area contributed by atoms with E-state index in [0.29, 0.717) is 0 Å². The van der Waals surface area contributed by atoms with Crippen molar-refractivity contribution in [2.75, 3.05) is 0 Å². The summed E-state index contributed by atoms with van der Waals surface area (Å²) in [5, 5.41) is 4.98. The summed E-state index contributed by atoms with van der Waals surface area (Å²) >= 11 is 9.99. The van der Waals surface area contributed by atoms with Crippen molar-refractivity contribution in [1.82, 2.24) is 0 Å². The summed E-state index contributed by atoms with van der Waals surface area (Å²) in [5.41, 5.74) is 8.53. The number of thiophene rings is 1. The highest BCUT2D eigenvalue weighted by Crippen LogP contribution is 2.24. The van der Waals surface area contributed by atoms with Gasteiger partial charge in [-0.1, -0.05) is 17.7 Å². The number of benzene rings is 1. The normalized spacial score (nSPS) is 12.7. The molecule has 0 fully saturated rings. The summed E-state index contributed by atoms with van der Waals surface area (Å²) in [7, 11) is 0. The molecule has 1 unspecified atom stereocenters. The molecule has 0 aliphatic heterocycles. The van der Waals surface area contributed by atoms with Crippen LogP contribution in [-0.4, -0.2) is 0 Å². The molecule has 0 amide bonds. The molecule has 0 saturated carbocycles. The maximum absolute atomic E-state index is 6.15. The molecule has 1 nitrogen and oxygen atoms in total. The number of halogens is 2. The van der Waals surface area contributed by atoms with Crippen LogP contribution >= 0.6 is 45.5 Å². The second kappa shape index (κ2) is 5.49. The Bertz CT molecular complexity index is 470. The molecule has 2 rings (SSSR count). The lowest BCUT2D eigenvalue weighted by atomic mass is 10.0. The zero-order valence-corrected chi connectivity index (χ0v) is 12.2. The summed E-state index contributed by atoms with van der Waals surface area (Å²) in [6.45, 7) is 0. The van der Waals surface area contributed by atoms with Crippen LogP contribution in [0.25, 0.3) is 0 Å². The van der Waals surface area contributed by atoms with E-state index >= 15 is 0 Å². The minimum absolute atomic E-state index is 0.0177. The SMILES string of the molecule is NC(Cc1ccsc1)c1ccc(I)c(Cl)c1. The van der Waals surface area contributed by atoms with Crippen molar-refractivity contribution in [3.63, 3.8) is 0 Å². The Balaban J connectivity index is 2.14. The summed E-state index contributed by atoms with van der Waals surface area (Å²) < 4.78 is 1.06. The fourth-order valence-electron chi connectivity index (χ4n) is 1.52. The van der Waals surface area contributed by atoms with Gasteiger partial charge in [0.15, 0.2) is 0 Å². The van der Waals surface area contributed by atoms with E-state index in [1.807, 2.05) is 18.2 Å². The first kappa shape index (κ1) is 12.4. The van der Waals surface area contributed by atoms with Crippen molar-refractivity contribution in [3.05, 3.63) is 54.7 Å². The van der Waals surface area contributed by atoms with Crippen LogP contribution in [0.5, 0.6) is 0 Å². The second-order valence-corrected chi connectivity index (χ2v) is 5.97. The maximum Gasteiger partial charge on any atom is 0.0542 e. The van der Waals surface area contributed by atoms with Crippen molar-refractivity contribution in [2.45, 2.75) is 12.5 Å². The molecule has 0 radical (unpaired) electrons. The predicted molar refractivity (Wildman–Crippen MR) is 79.1 cm³/mol. The molecular formula is C12H11ClINS. The van der Waals surface area contributed by atoms with Gasteiger partial charge in [-0.2, -0.15) is 11.3 Å². The van der Waals surface area contributed by atoms with Crippen LogP contribution in [0.2, 0.25) is 5.02 Å². The van der Waals surface area contributed by atoms with Gasteiger partial charge >= 0.3 is 0 Å². The lowest BCUT2D eigenvalue weighted by Gasteiger charge is -2.11. The van der Waals surface area contributed by atoms with E-state index in [-0.39, 0.29) is 6.04 Å². The van der Waals surface area contributed by atoms with Crippen molar-refractivity contribution in [2.24, 2.45) is 5.73 Å². The van der Waals surface area contributed by atoms with Crippen LogP contribution < -0.4 is 5.73 Å². The van der Waals surface area contributed by atoms with Crippen LogP contribution in [-0.2, 0) is 6.42 Å². The van der Waals surface area contributed by atoms with Gasteiger partial charge in [-0.05, 0) is 69.1 Å². The molecule has 84 valence electrons. The Hall–Kier alpha value is -0.100. The fourth-order valence-corrected chi connectivity index (χ4v) is 2.73. The molecule has 0 bridgehead atoms. The number of hydrogen-bond donors (Lipinski definition) is 1. The quantitative estimate of drug-likeness (QED) is 0.811. The first-order valence-corrected chi connectivity index (χ1v) is 7.28. The summed E-state index contributed by atoms with van der Waals surface area (Å²) in [6, 6.07) is 8.14. The van der Waals surface area contributed by atoms with E-state index in [4.69, 9.17) is 17.3 Å². The molecule has 1 aromatic carbocycles. The van der Waals surface area contributed by atoms with Crippen molar-refractivity contribution >= 4 is 45.5 Å². The maximum atomic E-state index is 6.15. The number of hydrogen-bond acceptors (Lipinski definition) is 2. The molecule has 0 aliphatic carbocycles. The van der Waals surface area contributed by atoms with Gasteiger partial charge in [0.05, 0.1) is 5.02 Å². The van der Waals surface area contributed by atoms with Crippen molar-refractivity contribution < 1.29 is 0 Å². The summed E-state index contributed by atoms with van der Waals surface area (Å²) in [4.78, 5) is 0. The molecule has 0 saturated heterocycles. The van der Waals surface area contributed by atoms with Crippen LogP contribution in [0.3, 0.4) is 0 Å². The van der Waals surface area contributed by atoms with Crippen LogP contribution in [0, 0.1) is 3.57 Å². The standard InChI is InChI=1S/C12H11ClINS/c13-10-6-9(1-2-11(10)14)12(15)5-8-3-4-16-7-8/h1-4,6-7,12H,5,15H2. The Morgan fingerprint density at radius 3 is 2.81 bits per heavy atom. The fraction of sp³-hybridized carbons (Fsp3) is 0.167. The van der Waals surface area contributed by atoms with Crippen molar-refractivity contribution in [3.8, 4) is 0 Å². The van der Waals surface area contributed by atoms with E-state index in [1.54, 1.807) is 11.3 Å². The topological polar surface area (TPSA) is 26.0 Å². The minimum atomic E-state index is 0.0177. The largest absolute Gasteiger partial charge is 0.324 e. The van der Waals surface area contributed by atoms with Gasteiger partial charge in [0.25, 0.3) is 0 Å². The van der Waals surface area contributed by atoms with E-state index < -0.39 is 0 Å². The lowest BCUT2D eigenvalue weighted by Crippen LogP contribution is -2.12. The lowest BCUT2D eigenvalue weighted by molar-refractivity contribution is 0.723. The third kappa shape index (κ3) is 2.97. The number of nitrogens with two attached hydrogens (primary N) is 1. The van der Waals surface area contributed by atoms with Gasteiger partial charge < -0.3 is 5.73 Å². The van der Waals surface area contributed by atoms with Crippen LogP contribution in [0.4, 0.5) is 0 Å². The Morgan fingerprint density at radius 1 is 1.38 bits per heavy atom. The van der Waals surface area contributed by atoms with E-state index in [2.05, 4.69) is 39.4 Å². The molecule has 0 spiro atoms. The Kier molecular flexibility index (Phi) is 4.24. The number of rotatable bonds is 3. The van der Waals surface area contributed by atoms with Gasteiger partial charge in [-0.25, -0.2) is 0 Å². The minimum Gasteiger partial charge on any atom is -0.324 e. The predicted octanol–water partition coefficient (Wildman–Crippen LogP) is 4.25. The third-order valence-corrected chi connectivity index (χ3v) is 4.71. The highest BCUT2D eigenvalue weighted by molar-refractivity contribution is 14.1. The van der Waals surface area contributed by atoms with Gasteiger partial charge in [0.1, 0.15) is 0 Å². The first-order chi connectivity index (χ1) is 7.66. The molecule has 4 heteroatoms. The van der Waals surface area contributed by atoms with E-state index in [1.165, 1.54) is 5.56 Å². The smallest absolute Gasteiger partial charge is 0.0542 e. The van der Waals surface area contributed by atoms with E-state index in [9.17, 15) is 0 Å². The Labute approximate surface area is 118 Å². The highest BCUT2D eigenvalue weighted by atomic mass is 127. The molecule has 1 heterocycles. The van der Waals surface area contributed by atoms with Crippen LogP contribution in [0.15, 0.2) is 35.0 Å². The van der Waals surface area contributed by atoms with Gasteiger partial charge in [0.2, 0.25) is 0 Å². The molecule has 16 heavy (non-hydrogen) atoms. The summed E-state index contributed by atoms with van der Waals surface area (Å²) in [6.07, 6.45) is 0.862. The molecule has 1 atom stereocenters. The average Bonchev–Trinajstić information content (AvgIpc) is 2.74. The molecular weight excluding hydrogens is 353 g/mol. The second-order valence-electron chi connectivity index (χ2n) is 3.62. The molecule has 0 aliphatic rings. The third-order valence-electron chi connectivity index (χ3n) is 2.41. The highest BCUT2D eigenvalue weighted by Gasteiger charge is 2.09. The summed E-state index contributed by atoms with van der Waals surface area (Å²) in [5.74, 6) is 0. The average molecular weight is 364 g/mol. The zero-order valence-electron chi connectivity index (χ0n) is 8.49. The van der Waals surface area contributed by atoms with E-state index in [0.717, 1.165) is 20.6 Å².